The first-order valence-electron chi connectivity index (χ1n) is 10.5. The summed E-state index contributed by atoms with van der Waals surface area (Å²) in [4.78, 5) is 4.32. The number of piperazine rings is 1. The number of rotatable bonds is 8. The van der Waals surface area contributed by atoms with Crippen LogP contribution < -0.4 is 14.4 Å². The first-order chi connectivity index (χ1) is 15.2. The molecule has 5 nitrogen and oxygen atoms in total. The molecule has 0 aliphatic carbocycles. The summed E-state index contributed by atoms with van der Waals surface area (Å²) in [5.74, 6) is -0.653. The van der Waals surface area contributed by atoms with Gasteiger partial charge < -0.3 is 19.5 Å². The Morgan fingerprint density at radius 1 is 1.03 bits per heavy atom. The number of halogens is 4. The van der Waals surface area contributed by atoms with E-state index in [0.29, 0.717) is 37.4 Å². The highest BCUT2D eigenvalue weighted by molar-refractivity contribution is 5.59. The van der Waals surface area contributed by atoms with Crippen LogP contribution in [0.3, 0.4) is 0 Å². The van der Waals surface area contributed by atoms with E-state index in [1.54, 1.807) is 25.1 Å². The molecule has 3 rings (SSSR count). The number of alkyl halides is 3. The van der Waals surface area contributed by atoms with Crippen molar-refractivity contribution in [3.8, 4) is 11.5 Å². The largest absolute Gasteiger partial charge is 0.573 e. The summed E-state index contributed by atoms with van der Waals surface area (Å²) in [5, 5.41) is 10.3. The molecule has 9 heteroatoms. The first kappa shape index (κ1) is 24.1. The number of aliphatic hydroxyl groups is 1. The van der Waals surface area contributed by atoms with E-state index in [9.17, 15) is 22.7 Å². The fourth-order valence-electron chi connectivity index (χ4n) is 4.11. The maximum Gasteiger partial charge on any atom is 0.573 e. The molecule has 2 atom stereocenters. The van der Waals surface area contributed by atoms with Crippen molar-refractivity contribution < 1.29 is 32.1 Å². The van der Waals surface area contributed by atoms with Gasteiger partial charge in [-0.3, -0.25) is 4.90 Å². The lowest BCUT2D eigenvalue weighted by Gasteiger charge is -2.37. The molecule has 1 saturated heterocycles. The first-order valence-corrected chi connectivity index (χ1v) is 10.5. The average Bonchev–Trinajstić information content (AvgIpc) is 2.74. The van der Waals surface area contributed by atoms with Gasteiger partial charge in [-0.05, 0) is 38.1 Å². The molecule has 1 aliphatic heterocycles. The normalized spacial score (nSPS) is 17.2. The predicted octanol–water partition coefficient (Wildman–Crippen LogP) is 4.41. The van der Waals surface area contributed by atoms with Gasteiger partial charge in [-0.2, -0.15) is 0 Å². The predicted molar refractivity (Wildman–Crippen MR) is 114 cm³/mol. The molecule has 0 saturated carbocycles. The van der Waals surface area contributed by atoms with Crippen molar-refractivity contribution in [1.82, 2.24) is 4.90 Å². The minimum atomic E-state index is -4.79. The van der Waals surface area contributed by atoms with Crippen LogP contribution in [0.5, 0.6) is 11.5 Å². The van der Waals surface area contributed by atoms with Crippen LogP contribution in [0.1, 0.15) is 24.8 Å². The summed E-state index contributed by atoms with van der Waals surface area (Å²) in [5.41, 5.74) is 1.17. The Kier molecular flexibility index (Phi) is 7.84. The Morgan fingerprint density at radius 3 is 2.34 bits per heavy atom. The van der Waals surface area contributed by atoms with Crippen molar-refractivity contribution >= 4 is 5.69 Å². The van der Waals surface area contributed by atoms with Crippen molar-refractivity contribution in [2.24, 2.45) is 0 Å². The molecule has 1 N–H and O–H groups in total. The van der Waals surface area contributed by atoms with Gasteiger partial charge in [-0.25, -0.2) is 4.39 Å². The fourth-order valence-corrected chi connectivity index (χ4v) is 4.11. The molecule has 2 aromatic rings. The molecule has 0 spiro atoms. The Morgan fingerprint density at radius 2 is 1.72 bits per heavy atom. The maximum absolute atomic E-state index is 13.5. The number of para-hydroxylation sites is 1. The number of ether oxygens (including phenoxy) is 2. The van der Waals surface area contributed by atoms with Crippen molar-refractivity contribution in [3.63, 3.8) is 0 Å². The second-order valence-electron chi connectivity index (χ2n) is 7.87. The van der Waals surface area contributed by atoms with Gasteiger partial charge >= 0.3 is 6.36 Å². The second kappa shape index (κ2) is 10.4. The van der Waals surface area contributed by atoms with Crippen molar-refractivity contribution in [2.45, 2.75) is 31.7 Å². The SMILES string of the molecule is COc1cc(F)ccc1N1CCN(CCC(c2ccccc2OC(F)(F)F)C(C)O)CC1. The highest BCUT2D eigenvalue weighted by atomic mass is 19.4. The van der Waals surface area contributed by atoms with Gasteiger partial charge in [-0.15, -0.1) is 13.2 Å². The monoisotopic (exact) mass is 456 g/mol. The average molecular weight is 456 g/mol. The number of benzene rings is 2. The minimum Gasteiger partial charge on any atom is -0.494 e. The number of anilines is 1. The van der Waals surface area contributed by atoms with Gasteiger partial charge in [0.2, 0.25) is 0 Å². The topological polar surface area (TPSA) is 45.2 Å². The van der Waals surface area contributed by atoms with E-state index in [2.05, 4.69) is 14.5 Å². The van der Waals surface area contributed by atoms with Crippen LogP contribution in [-0.4, -0.2) is 62.3 Å². The van der Waals surface area contributed by atoms with Gasteiger partial charge in [0.25, 0.3) is 0 Å². The summed E-state index contributed by atoms with van der Waals surface area (Å²) in [6, 6.07) is 10.4. The molecule has 0 amide bonds. The molecule has 0 radical (unpaired) electrons. The van der Waals surface area contributed by atoms with Crippen LogP contribution in [0.15, 0.2) is 42.5 Å². The molecular weight excluding hydrogens is 428 g/mol. The molecule has 1 fully saturated rings. The fraction of sp³-hybridized carbons (Fsp3) is 0.478. The van der Waals surface area contributed by atoms with E-state index in [1.807, 2.05) is 0 Å². The van der Waals surface area contributed by atoms with E-state index < -0.39 is 18.4 Å². The highest BCUT2D eigenvalue weighted by Crippen LogP contribution is 2.35. The molecule has 0 aromatic heterocycles. The molecule has 2 unspecified atom stereocenters. The zero-order valence-electron chi connectivity index (χ0n) is 18.1. The molecule has 1 aliphatic rings. The zero-order chi connectivity index (χ0) is 23.3. The van der Waals surface area contributed by atoms with E-state index in [-0.39, 0.29) is 11.6 Å². The van der Waals surface area contributed by atoms with Crippen molar-refractivity contribution in [2.75, 3.05) is 44.7 Å². The zero-order valence-corrected chi connectivity index (χ0v) is 18.1. The summed E-state index contributed by atoms with van der Waals surface area (Å²) in [6.45, 7) is 5.06. The number of hydrogen-bond acceptors (Lipinski definition) is 5. The lowest BCUT2D eigenvalue weighted by molar-refractivity contribution is -0.275. The summed E-state index contributed by atoms with van der Waals surface area (Å²) >= 11 is 0. The molecule has 32 heavy (non-hydrogen) atoms. The highest BCUT2D eigenvalue weighted by Gasteiger charge is 2.33. The smallest absolute Gasteiger partial charge is 0.494 e. The van der Waals surface area contributed by atoms with Crippen LogP contribution in [0, 0.1) is 5.82 Å². The van der Waals surface area contributed by atoms with Gasteiger partial charge in [0, 0.05) is 43.7 Å². The van der Waals surface area contributed by atoms with E-state index in [0.717, 1.165) is 18.8 Å². The molecule has 1 heterocycles. The van der Waals surface area contributed by atoms with Crippen molar-refractivity contribution in [3.05, 3.63) is 53.8 Å². The Balaban J connectivity index is 1.62. The standard InChI is InChI=1S/C23H28F4N2O3/c1-16(30)18(19-5-3-4-6-21(19)32-23(25,26)27)9-10-28-11-13-29(14-12-28)20-8-7-17(24)15-22(20)31-2/h3-8,15-16,18,30H,9-14H2,1-2H3. The minimum absolute atomic E-state index is 0.279. The van der Waals surface area contributed by atoms with Crippen LogP contribution in [0.4, 0.5) is 23.2 Å². The third-order valence-electron chi connectivity index (χ3n) is 5.74. The Labute approximate surface area is 185 Å². The van der Waals surface area contributed by atoms with E-state index in [1.165, 1.54) is 31.4 Å². The van der Waals surface area contributed by atoms with E-state index in [4.69, 9.17) is 4.74 Å². The summed E-state index contributed by atoms with van der Waals surface area (Å²) in [6.07, 6.45) is -5.15. The van der Waals surface area contributed by atoms with Gasteiger partial charge in [0.1, 0.15) is 17.3 Å². The van der Waals surface area contributed by atoms with Gasteiger partial charge in [-0.1, -0.05) is 18.2 Å². The van der Waals surface area contributed by atoms with E-state index >= 15 is 0 Å². The quantitative estimate of drug-likeness (QED) is 0.597. The van der Waals surface area contributed by atoms with Crippen LogP contribution in [0.25, 0.3) is 0 Å². The molecule has 0 bridgehead atoms. The second-order valence-corrected chi connectivity index (χ2v) is 7.87. The summed E-state index contributed by atoms with van der Waals surface area (Å²) < 4.78 is 61.3. The van der Waals surface area contributed by atoms with Crippen LogP contribution >= 0.6 is 0 Å². The third kappa shape index (κ3) is 6.26. The third-order valence-corrected chi connectivity index (χ3v) is 5.74. The maximum atomic E-state index is 13.5. The lowest BCUT2D eigenvalue weighted by atomic mass is 9.90. The van der Waals surface area contributed by atoms with Crippen LogP contribution in [-0.2, 0) is 0 Å². The number of hydrogen-bond donors (Lipinski definition) is 1. The number of nitrogens with zero attached hydrogens (tertiary/aromatic N) is 2. The van der Waals surface area contributed by atoms with Crippen molar-refractivity contribution in [1.29, 1.82) is 0 Å². The Hall–Kier alpha value is -2.52. The number of methoxy groups -OCH3 is 1. The van der Waals surface area contributed by atoms with Crippen LogP contribution in [0.2, 0.25) is 0 Å². The lowest BCUT2D eigenvalue weighted by Crippen LogP contribution is -2.47. The summed E-state index contributed by atoms with van der Waals surface area (Å²) in [7, 11) is 1.51. The Bertz CT molecular complexity index is 884. The number of aliphatic hydroxyl groups excluding tert-OH is 1. The molecule has 2 aromatic carbocycles. The molecule has 176 valence electrons. The molecular formula is C23H28F4N2O3. The van der Waals surface area contributed by atoms with Gasteiger partial charge in [0.05, 0.1) is 18.9 Å². The van der Waals surface area contributed by atoms with Gasteiger partial charge in [0.15, 0.2) is 0 Å².